The van der Waals surface area contributed by atoms with Crippen LogP contribution in [0.4, 0.5) is 0 Å². The van der Waals surface area contributed by atoms with Gasteiger partial charge >= 0.3 is 0 Å². The minimum atomic E-state index is 0. The lowest BCUT2D eigenvalue weighted by Crippen LogP contribution is -2.48. The van der Waals surface area contributed by atoms with Gasteiger partial charge in [-0.05, 0) is 41.7 Å². The lowest BCUT2D eigenvalue weighted by molar-refractivity contribution is 0.198. The highest BCUT2D eigenvalue weighted by Crippen LogP contribution is 2.20. The van der Waals surface area contributed by atoms with Crippen LogP contribution in [0.25, 0.3) is 0 Å². The lowest BCUT2D eigenvalue weighted by Gasteiger charge is -2.32. The predicted molar refractivity (Wildman–Crippen MR) is 130 cm³/mol. The van der Waals surface area contributed by atoms with Crippen molar-refractivity contribution in [3.63, 3.8) is 0 Å². The van der Waals surface area contributed by atoms with Crippen LogP contribution in [-0.4, -0.2) is 54.3 Å². The molecule has 1 saturated heterocycles. The van der Waals surface area contributed by atoms with Gasteiger partial charge in [-0.15, -0.1) is 35.3 Å². The van der Waals surface area contributed by atoms with Crippen molar-refractivity contribution in [2.24, 2.45) is 4.99 Å². The number of aliphatic imine (C=N–C) groups is 1. The molecular formula is C18H28IN5S3. The van der Waals surface area contributed by atoms with E-state index in [0.29, 0.717) is 6.04 Å². The Kier molecular flexibility index (Phi) is 11.0. The Hall–Kier alpha value is -0.360. The van der Waals surface area contributed by atoms with Crippen molar-refractivity contribution in [3.05, 3.63) is 34.0 Å². The first-order valence-corrected chi connectivity index (χ1v) is 11.9. The molecule has 0 atom stereocenters. The summed E-state index contributed by atoms with van der Waals surface area (Å²) in [5.74, 6) is 2.01. The van der Waals surface area contributed by atoms with Gasteiger partial charge in [-0.1, -0.05) is 11.8 Å². The van der Waals surface area contributed by atoms with Gasteiger partial charge in [0.25, 0.3) is 0 Å². The normalized spacial score (nSPS) is 16.1. The van der Waals surface area contributed by atoms with E-state index in [1.54, 1.807) is 22.7 Å². The first kappa shape index (κ1) is 22.9. The number of piperidine rings is 1. The maximum absolute atomic E-state index is 4.37. The van der Waals surface area contributed by atoms with Crippen molar-refractivity contribution < 1.29 is 0 Å². The van der Waals surface area contributed by atoms with Gasteiger partial charge in [0.05, 0.1) is 0 Å². The summed E-state index contributed by atoms with van der Waals surface area (Å²) in [7, 11) is 1.85. The van der Waals surface area contributed by atoms with Gasteiger partial charge in [0.15, 0.2) is 5.96 Å². The number of thiazole rings is 1. The summed E-state index contributed by atoms with van der Waals surface area (Å²) < 4.78 is 1.15. The Labute approximate surface area is 191 Å². The fourth-order valence-corrected chi connectivity index (χ4v) is 5.29. The monoisotopic (exact) mass is 537 g/mol. The SMILES string of the molecule is CN=C(NCCCSc1nccs1)NC1CCN(Cc2ccsc2)CC1.I. The Bertz CT molecular complexity index is 640. The second kappa shape index (κ2) is 13.0. The maximum Gasteiger partial charge on any atom is 0.191 e. The highest BCUT2D eigenvalue weighted by atomic mass is 127. The Morgan fingerprint density at radius 2 is 2.22 bits per heavy atom. The minimum absolute atomic E-state index is 0. The molecule has 1 fully saturated rings. The molecule has 5 nitrogen and oxygen atoms in total. The number of nitrogens with zero attached hydrogens (tertiary/aromatic N) is 3. The average Bonchev–Trinajstić information content (AvgIpc) is 3.36. The topological polar surface area (TPSA) is 52.6 Å². The molecule has 0 bridgehead atoms. The van der Waals surface area contributed by atoms with Gasteiger partial charge in [-0.3, -0.25) is 9.89 Å². The molecule has 9 heteroatoms. The number of aromatic nitrogens is 1. The van der Waals surface area contributed by atoms with Crippen LogP contribution < -0.4 is 10.6 Å². The smallest absolute Gasteiger partial charge is 0.191 e. The van der Waals surface area contributed by atoms with Crippen molar-refractivity contribution in [1.82, 2.24) is 20.5 Å². The summed E-state index contributed by atoms with van der Waals surface area (Å²) in [5.41, 5.74) is 1.44. The Morgan fingerprint density at radius 3 is 2.89 bits per heavy atom. The standard InChI is InChI=1S/C18H27N5S3.HI/c1-19-17(20-6-2-10-25-18-21-7-12-26-18)22-16-3-8-23(9-4-16)13-15-5-11-24-14-15;/h5,7,11-12,14,16H,2-4,6,8-10,13H2,1H3,(H2,19,20,22);1H. The van der Waals surface area contributed by atoms with Gasteiger partial charge in [0.1, 0.15) is 4.34 Å². The highest BCUT2D eigenvalue weighted by molar-refractivity contribution is 14.0. The van der Waals surface area contributed by atoms with Gasteiger partial charge in [-0.2, -0.15) is 11.3 Å². The van der Waals surface area contributed by atoms with E-state index in [9.17, 15) is 0 Å². The van der Waals surface area contributed by atoms with E-state index >= 15 is 0 Å². The van der Waals surface area contributed by atoms with E-state index in [-0.39, 0.29) is 24.0 Å². The van der Waals surface area contributed by atoms with Crippen LogP contribution >= 0.6 is 58.4 Å². The molecule has 0 saturated carbocycles. The molecule has 3 rings (SSSR count). The number of hydrogen-bond donors (Lipinski definition) is 2. The molecule has 2 aromatic heterocycles. The van der Waals surface area contributed by atoms with E-state index in [0.717, 1.165) is 48.7 Å². The van der Waals surface area contributed by atoms with Crippen molar-refractivity contribution in [2.75, 3.05) is 32.4 Å². The zero-order valence-corrected chi connectivity index (χ0v) is 20.4. The van der Waals surface area contributed by atoms with Crippen molar-refractivity contribution in [1.29, 1.82) is 0 Å². The summed E-state index contributed by atoms with van der Waals surface area (Å²) in [6.45, 7) is 4.32. The number of rotatable bonds is 8. The fourth-order valence-electron chi connectivity index (χ4n) is 2.98. The van der Waals surface area contributed by atoms with Crippen molar-refractivity contribution in [2.45, 2.75) is 36.2 Å². The van der Waals surface area contributed by atoms with E-state index in [1.807, 2.05) is 30.4 Å². The average molecular weight is 538 g/mol. The summed E-state index contributed by atoms with van der Waals surface area (Å²) in [6.07, 6.45) is 5.31. The molecule has 0 amide bonds. The van der Waals surface area contributed by atoms with Gasteiger partial charge in [0.2, 0.25) is 0 Å². The summed E-state index contributed by atoms with van der Waals surface area (Å²) in [6, 6.07) is 2.75. The zero-order chi connectivity index (χ0) is 18.0. The molecule has 27 heavy (non-hydrogen) atoms. The fraction of sp³-hybridized carbons (Fsp3) is 0.556. The number of likely N-dealkylation sites (tertiary alicyclic amines) is 1. The van der Waals surface area contributed by atoms with Gasteiger partial charge in [0, 0.05) is 56.6 Å². The second-order valence-corrected chi connectivity index (χ2v) is 9.34. The molecule has 1 aliphatic rings. The molecule has 0 spiro atoms. The number of thioether (sulfide) groups is 1. The van der Waals surface area contributed by atoms with Crippen LogP contribution in [0.15, 0.2) is 37.7 Å². The third-order valence-electron chi connectivity index (χ3n) is 4.39. The first-order valence-electron chi connectivity index (χ1n) is 9.06. The van der Waals surface area contributed by atoms with Crippen molar-refractivity contribution >= 4 is 64.4 Å². The number of hydrogen-bond acceptors (Lipinski definition) is 6. The van der Waals surface area contributed by atoms with Gasteiger partial charge < -0.3 is 10.6 Å². The molecule has 3 heterocycles. The van der Waals surface area contributed by atoms with Gasteiger partial charge in [-0.25, -0.2) is 4.98 Å². The molecular weight excluding hydrogens is 509 g/mol. The van der Waals surface area contributed by atoms with E-state index in [1.165, 1.54) is 18.4 Å². The van der Waals surface area contributed by atoms with Crippen LogP contribution in [0.1, 0.15) is 24.8 Å². The summed E-state index contributed by atoms with van der Waals surface area (Å²) in [5, 5.41) is 13.5. The van der Waals surface area contributed by atoms with Crippen LogP contribution in [0.2, 0.25) is 0 Å². The number of nitrogens with one attached hydrogen (secondary N) is 2. The van der Waals surface area contributed by atoms with E-state index in [2.05, 4.69) is 42.3 Å². The highest BCUT2D eigenvalue weighted by Gasteiger charge is 2.20. The van der Waals surface area contributed by atoms with Crippen molar-refractivity contribution in [3.8, 4) is 0 Å². The molecule has 1 aliphatic heterocycles. The maximum atomic E-state index is 4.37. The lowest BCUT2D eigenvalue weighted by atomic mass is 10.0. The van der Waals surface area contributed by atoms with Crippen LogP contribution in [0.3, 0.4) is 0 Å². The molecule has 0 aliphatic carbocycles. The Morgan fingerprint density at radius 1 is 1.37 bits per heavy atom. The third kappa shape index (κ3) is 8.26. The molecule has 150 valence electrons. The number of thiophene rings is 1. The Balaban J connectivity index is 0.00000261. The predicted octanol–water partition coefficient (Wildman–Crippen LogP) is 4.13. The van der Waals surface area contributed by atoms with Crippen LogP contribution in [0, 0.1) is 0 Å². The van der Waals surface area contributed by atoms with Crippen LogP contribution in [-0.2, 0) is 6.54 Å². The van der Waals surface area contributed by atoms with E-state index < -0.39 is 0 Å². The summed E-state index contributed by atoms with van der Waals surface area (Å²) in [4.78, 5) is 11.2. The van der Waals surface area contributed by atoms with Crippen LogP contribution in [0.5, 0.6) is 0 Å². The molecule has 2 aromatic rings. The van der Waals surface area contributed by atoms with E-state index in [4.69, 9.17) is 0 Å². The number of guanidine groups is 1. The third-order valence-corrected chi connectivity index (χ3v) is 7.17. The first-order chi connectivity index (χ1) is 12.8. The minimum Gasteiger partial charge on any atom is -0.356 e. The molecule has 0 aromatic carbocycles. The quantitative estimate of drug-likeness (QED) is 0.174. The largest absolute Gasteiger partial charge is 0.356 e. The summed E-state index contributed by atoms with van der Waals surface area (Å²) >= 11 is 5.32. The second-order valence-electron chi connectivity index (χ2n) is 6.33. The molecule has 2 N–H and O–H groups in total. The number of halogens is 1. The molecule has 0 unspecified atom stereocenters. The molecule has 0 radical (unpaired) electrons. The zero-order valence-electron chi connectivity index (χ0n) is 15.6.